The van der Waals surface area contributed by atoms with Gasteiger partial charge >= 0.3 is 0 Å². The first kappa shape index (κ1) is 13.6. The van der Waals surface area contributed by atoms with Crippen LogP contribution >= 0.6 is 0 Å². The fourth-order valence-electron chi connectivity index (χ4n) is 2.05. The predicted octanol–water partition coefficient (Wildman–Crippen LogP) is 2.47. The maximum Gasteiger partial charge on any atom is 0.269 e. The van der Waals surface area contributed by atoms with Crippen LogP contribution in [0.1, 0.15) is 18.1 Å². The van der Waals surface area contributed by atoms with Gasteiger partial charge in [-0.1, -0.05) is 31.2 Å². The molecule has 0 spiro atoms. The minimum Gasteiger partial charge on any atom is -0.293 e. The molecule has 0 saturated carbocycles. The van der Waals surface area contributed by atoms with Crippen molar-refractivity contribution in [3.05, 3.63) is 57.9 Å². The monoisotopic (exact) mass is 263 g/mol. The van der Waals surface area contributed by atoms with Gasteiger partial charge in [-0.3, -0.25) is 9.36 Å². The second kappa shape index (κ2) is 5.86. The molecule has 1 aromatic carbocycles. The number of aryl methyl sites for hydroxylation is 1. The van der Waals surface area contributed by atoms with Gasteiger partial charge in [-0.15, -0.1) is 0 Å². The van der Waals surface area contributed by atoms with E-state index >= 15 is 0 Å². The molecule has 2 rings (SSSR count). The lowest BCUT2D eigenvalue weighted by Crippen LogP contribution is -2.23. The Morgan fingerprint density at radius 1 is 1.10 bits per heavy atom. The Labute approximate surface area is 117 Å². The lowest BCUT2D eigenvalue weighted by Gasteiger charge is -2.10. The quantitative estimate of drug-likeness (QED) is 0.854. The van der Waals surface area contributed by atoms with Crippen LogP contribution in [-0.4, -0.2) is 4.57 Å². The third-order valence-electron chi connectivity index (χ3n) is 3.18. The second-order valence-corrected chi connectivity index (χ2v) is 4.34. The fraction of sp³-hybridized carbons (Fsp3) is 0.188. The first-order chi connectivity index (χ1) is 9.71. The van der Waals surface area contributed by atoms with Crippen molar-refractivity contribution in [2.45, 2.75) is 19.9 Å². The Morgan fingerprint density at radius 2 is 1.80 bits per heavy atom. The molecule has 0 aliphatic heterocycles. The molecule has 0 aliphatic carbocycles. The van der Waals surface area contributed by atoms with E-state index in [4.69, 9.17) is 10.5 Å². The van der Waals surface area contributed by atoms with Gasteiger partial charge in [-0.2, -0.15) is 10.5 Å². The van der Waals surface area contributed by atoms with Crippen LogP contribution in [0.25, 0.3) is 11.3 Å². The average Bonchev–Trinajstić information content (AvgIpc) is 2.49. The molecule has 0 atom stereocenters. The lowest BCUT2D eigenvalue weighted by atomic mass is 10.1. The standard InChI is InChI=1S/C16H13N3O/c1-2-12-3-5-13(6-4-12)15-8-7-14(11-18)16(20)19(15)10-9-17/h3-8H,2,10H2,1H3. The first-order valence-electron chi connectivity index (χ1n) is 6.31. The Morgan fingerprint density at radius 3 is 2.35 bits per heavy atom. The van der Waals surface area contributed by atoms with Crippen LogP contribution in [0.15, 0.2) is 41.2 Å². The average molecular weight is 263 g/mol. The van der Waals surface area contributed by atoms with Crippen LogP contribution in [-0.2, 0) is 13.0 Å². The van der Waals surface area contributed by atoms with Crippen molar-refractivity contribution < 1.29 is 0 Å². The minimum atomic E-state index is -0.425. The van der Waals surface area contributed by atoms with E-state index in [2.05, 4.69) is 6.92 Å². The van der Waals surface area contributed by atoms with E-state index in [-0.39, 0.29) is 12.1 Å². The lowest BCUT2D eigenvalue weighted by molar-refractivity contribution is 0.794. The first-order valence-corrected chi connectivity index (χ1v) is 6.31. The van der Waals surface area contributed by atoms with Gasteiger partial charge in [0.05, 0.1) is 11.8 Å². The van der Waals surface area contributed by atoms with Crippen LogP contribution < -0.4 is 5.56 Å². The summed E-state index contributed by atoms with van der Waals surface area (Å²) < 4.78 is 1.33. The van der Waals surface area contributed by atoms with Crippen LogP contribution in [0.2, 0.25) is 0 Å². The number of hydrogen-bond donors (Lipinski definition) is 0. The van der Waals surface area contributed by atoms with Gasteiger partial charge in [0.15, 0.2) is 0 Å². The molecule has 0 N–H and O–H groups in total. The van der Waals surface area contributed by atoms with Crippen LogP contribution in [0.3, 0.4) is 0 Å². The molecule has 1 heterocycles. The highest BCUT2D eigenvalue weighted by atomic mass is 16.1. The highest BCUT2D eigenvalue weighted by molar-refractivity contribution is 5.61. The molecule has 4 heteroatoms. The molecule has 4 nitrogen and oxygen atoms in total. The summed E-state index contributed by atoms with van der Waals surface area (Å²) in [5, 5.41) is 17.8. The van der Waals surface area contributed by atoms with E-state index in [1.165, 1.54) is 16.2 Å². The van der Waals surface area contributed by atoms with E-state index < -0.39 is 5.56 Å². The molecule has 0 saturated heterocycles. The van der Waals surface area contributed by atoms with Crippen molar-refractivity contribution in [2.75, 3.05) is 0 Å². The van der Waals surface area contributed by atoms with E-state index in [9.17, 15) is 4.79 Å². The van der Waals surface area contributed by atoms with E-state index in [0.29, 0.717) is 5.69 Å². The zero-order valence-electron chi connectivity index (χ0n) is 11.1. The summed E-state index contributed by atoms with van der Waals surface area (Å²) >= 11 is 0. The van der Waals surface area contributed by atoms with Crippen molar-refractivity contribution in [3.8, 4) is 23.4 Å². The molecule has 0 fully saturated rings. The Hall–Kier alpha value is -2.85. The van der Waals surface area contributed by atoms with Gasteiger partial charge < -0.3 is 0 Å². The number of aromatic nitrogens is 1. The van der Waals surface area contributed by atoms with Crippen molar-refractivity contribution in [2.24, 2.45) is 0 Å². The van der Waals surface area contributed by atoms with E-state index in [1.54, 1.807) is 6.07 Å². The summed E-state index contributed by atoms with van der Waals surface area (Å²) in [5.41, 5.74) is 2.34. The Bertz CT molecular complexity index is 758. The molecular formula is C16H13N3O. The van der Waals surface area contributed by atoms with Crippen LogP contribution in [0.5, 0.6) is 0 Å². The van der Waals surface area contributed by atoms with E-state index in [0.717, 1.165) is 12.0 Å². The van der Waals surface area contributed by atoms with Gasteiger partial charge in [0.2, 0.25) is 0 Å². The van der Waals surface area contributed by atoms with Crippen molar-refractivity contribution >= 4 is 0 Å². The molecule has 0 amide bonds. The summed E-state index contributed by atoms with van der Waals surface area (Å²) in [4.78, 5) is 12.1. The van der Waals surface area contributed by atoms with Gasteiger partial charge in [0, 0.05) is 0 Å². The molecule has 2 aromatic rings. The summed E-state index contributed by atoms with van der Waals surface area (Å²) in [5.74, 6) is 0. The topological polar surface area (TPSA) is 69.6 Å². The van der Waals surface area contributed by atoms with Gasteiger partial charge in [0.25, 0.3) is 5.56 Å². The molecule has 0 unspecified atom stereocenters. The largest absolute Gasteiger partial charge is 0.293 e. The predicted molar refractivity (Wildman–Crippen MR) is 75.8 cm³/mol. The number of hydrogen-bond acceptors (Lipinski definition) is 3. The third-order valence-corrected chi connectivity index (χ3v) is 3.18. The number of nitriles is 2. The molecule has 20 heavy (non-hydrogen) atoms. The number of nitrogens with zero attached hydrogens (tertiary/aromatic N) is 3. The van der Waals surface area contributed by atoms with Crippen molar-refractivity contribution in [1.82, 2.24) is 4.57 Å². The molecule has 98 valence electrons. The smallest absolute Gasteiger partial charge is 0.269 e. The molecule has 1 aromatic heterocycles. The zero-order valence-corrected chi connectivity index (χ0v) is 11.1. The highest BCUT2D eigenvalue weighted by Gasteiger charge is 2.10. The van der Waals surface area contributed by atoms with E-state index in [1.807, 2.05) is 36.4 Å². The summed E-state index contributed by atoms with van der Waals surface area (Å²) in [6, 6.07) is 14.9. The summed E-state index contributed by atoms with van der Waals surface area (Å²) in [6.45, 7) is 2.00. The minimum absolute atomic E-state index is 0.0502. The van der Waals surface area contributed by atoms with Gasteiger partial charge in [-0.05, 0) is 29.7 Å². The second-order valence-electron chi connectivity index (χ2n) is 4.34. The number of rotatable bonds is 3. The van der Waals surface area contributed by atoms with Crippen LogP contribution in [0, 0.1) is 22.7 Å². The van der Waals surface area contributed by atoms with Gasteiger partial charge in [0.1, 0.15) is 18.2 Å². The maximum absolute atomic E-state index is 12.1. The van der Waals surface area contributed by atoms with Crippen molar-refractivity contribution in [3.63, 3.8) is 0 Å². The number of pyridine rings is 1. The Balaban J connectivity index is 2.61. The summed E-state index contributed by atoms with van der Waals surface area (Å²) in [7, 11) is 0. The normalized spacial score (nSPS) is 9.75. The molecule has 0 bridgehead atoms. The third kappa shape index (κ3) is 2.46. The summed E-state index contributed by atoms with van der Waals surface area (Å²) in [6.07, 6.45) is 0.943. The van der Waals surface area contributed by atoms with Crippen LogP contribution in [0.4, 0.5) is 0 Å². The highest BCUT2D eigenvalue weighted by Crippen LogP contribution is 2.19. The SMILES string of the molecule is CCc1ccc(-c2ccc(C#N)c(=O)n2CC#N)cc1. The molecule has 0 radical (unpaired) electrons. The molecular weight excluding hydrogens is 250 g/mol. The maximum atomic E-state index is 12.1. The van der Waals surface area contributed by atoms with Gasteiger partial charge in [-0.25, -0.2) is 0 Å². The van der Waals surface area contributed by atoms with Crippen molar-refractivity contribution in [1.29, 1.82) is 10.5 Å². The fourth-order valence-corrected chi connectivity index (χ4v) is 2.05. The number of benzene rings is 1. The molecule has 0 aliphatic rings. The Kier molecular flexibility index (Phi) is 3.98. The zero-order chi connectivity index (χ0) is 14.5.